The van der Waals surface area contributed by atoms with Gasteiger partial charge in [0.1, 0.15) is 0 Å². The Labute approximate surface area is 106 Å². The Kier molecular flexibility index (Phi) is 3.56. The van der Waals surface area contributed by atoms with Crippen molar-refractivity contribution in [3.05, 3.63) is 16.7 Å². The first-order chi connectivity index (χ1) is 8.53. The number of hydrogen-bond donors (Lipinski definition) is 2. The Balaban J connectivity index is 2.27. The van der Waals surface area contributed by atoms with Gasteiger partial charge in [-0.3, -0.25) is 4.79 Å². The molecule has 0 spiro atoms. The summed E-state index contributed by atoms with van der Waals surface area (Å²) in [5, 5.41) is 10.1. The van der Waals surface area contributed by atoms with Gasteiger partial charge in [0, 0.05) is 13.1 Å². The number of aromatic nitrogens is 2. The first-order valence-corrected chi connectivity index (χ1v) is 6.12. The van der Waals surface area contributed by atoms with E-state index in [1.54, 1.807) is 0 Å². The summed E-state index contributed by atoms with van der Waals surface area (Å²) in [4.78, 5) is 20.3. The third-order valence-electron chi connectivity index (χ3n) is 3.36. The van der Waals surface area contributed by atoms with Gasteiger partial charge >= 0.3 is 0 Å². The van der Waals surface area contributed by atoms with Gasteiger partial charge in [-0.05, 0) is 26.2 Å². The summed E-state index contributed by atoms with van der Waals surface area (Å²) in [6.45, 7) is 3.28. The van der Waals surface area contributed by atoms with Crippen molar-refractivity contribution in [1.29, 1.82) is 0 Å². The number of nitrogens with one attached hydrogen (secondary N) is 1. The number of methoxy groups -OCH3 is 1. The van der Waals surface area contributed by atoms with E-state index in [9.17, 15) is 9.90 Å². The maximum absolute atomic E-state index is 11.6. The van der Waals surface area contributed by atoms with Crippen LogP contribution in [0.5, 0.6) is 5.75 Å². The lowest BCUT2D eigenvalue weighted by molar-refractivity contribution is 0.0481. The highest BCUT2D eigenvalue weighted by Gasteiger charge is 2.27. The maximum atomic E-state index is 11.6. The van der Waals surface area contributed by atoms with E-state index in [2.05, 4.69) is 9.97 Å². The van der Waals surface area contributed by atoms with Crippen molar-refractivity contribution in [1.82, 2.24) is 9.97 Å². The number of rotatable bonds is 2. The highest BCUT2D eigenvalue weighted by molar-refractivity contribution is 5.50. The maximum Gasteiger partial charge on any atom is 0.295 e. The van der Waals surface area contributed by atoms with Crippen molar-refractivity contribution < 1.29 is 9.84 Å². The zero-order valence-electron chi connectivity index (χ0n) is 10.8. The molecule has 0 bridgehead atoms. The molecule has 6 nitrogen and oxygen atoms in total. The van der Waals surface area contributed by atoms with E-state index in [1.165, 1.54) is 13.4 Å². The Morgan fingerprint density at radius 2 is 2.28 bits per heavy atom. The minimum Gasteiger partial charge on any atom is -0.489 e. The molecule has 18 heavy (non-hydrogen) atoms. The second kappa shape index (κ2) is 4.97. The lowest BCUT2D eigenvalue weighted by atomic mass is 9.98. The Morgan fingerprint density at radius 1 is 1.50 bits per heavy atom. The average Bonchev–Trinajstić information content (AvgIpc) is 2.50. The largest absolute Gasteiger partial charge is 0.489 e. The van der Waals surface area contributed by atoms with Crippen molar-refractivity contribution in [3.63, 3.8) is 0 Å². The quantitative estimate of drug-likeness (QED) is 0.803. The summed E-state index contributed by atoms with van der Waals surface area (Å²) in [6.07, 6.45) is 3.66. The molecule has 1 aliphatic heterocycles. The fourth-order valence-electron chi connectivity index (χ4n) is 2.26. The van der Waals surface area contributed by atoms with Crippen molar-refractivity contribution >= 4 is 5.82 Å². The van der Waals surface area contributed by atoms with Crippen molar-refractivity contribution in [2.24, 2.45) is 0 Å². The third-order valence-corrected chi connectivity index (χ3v) is 3.36. The zero-order chi connectivity index (χ0) is 13.2. The molecule has 1 aromatic rings. The van der Waals surface area contributed by atoms with Gasteiger partial charge in [-0.2, -0.15) is 0 Å². The topological polar surface area (TPSA) is 78.5 Å². The molecule has 1 unspecified atom stereocenters. The normalized spacial score (nSPS) is 24.7. The first-order valence-electron chi connectivity index (χ1n) is 6.12. The molecule has 0 amide bonds. The number of aliphatic hydroxyl groups is 1. The van der Waals surface area contributed by atoms with E-state index >= 15 is 0 Å². The molecule has 1 fully saturated rings. The molecule has 2 N–H and O–H groups in total. The highest BCUT2D eigenvalue weighted by Crippen LogP contribution is 2.27. The Hall–Kier alpha value is -1.56. The standard InChI is InChI=1S/C12H19N3O3/c1-12(17)4-3-6-15(7-5-12)10-9(18-2)11(16)14-8-13-10/h8,17H,3-7H2,1-2H3,(H,13,14,16). The van der Waals surface area contributed by atoms with Crippen LogP contribution in [-0.2, 0) is 0 Å². The van der Waals surface area contributed by atoms with Gasteiger partial charge in [0.15, 0.2) is 5.82 Å². The fourth-order valence-corrected chi connectivity index (χ4v) is 2.26. The summed E-state index contributed by atoms with van der Waals surface area (Å²) in [5.41, 5.74) is -0.915. The molecule has 2 heterocycles. The summed E-state index contributed by atoms with van der Waals surface area (Å²) >= 11 is 0. The second-order valence-corrected chi connectivity index (χ2v) is 4.93. The van der Waals surface area contributed by atoms with E-state index in [0.717, 1.165) is 19.4 Å². The average molecular weight is 253 g/mol. The van der Waals surface area contributed by atoms with E-state index in [4.69, 9.17) is 4.74 Å². The van der Waals surface area contributed by atoms with E-state index < -0.39 is 5.60 Å². The van der Waals surface area contributed by atoms with Gasteiger partial charge in [-0.25, -0.2) is 4.98 Å². The Morgan fingerprint density at radius 3 is 3.00 bits per heavy atom. The number of H-pyrrole nitrogens is 1. The molecule has 2 rings (SSSR count). The predicted molar refractivity (Wildman–Crippen MR) is 68.1 cm³/mol. The number of anilines is 1. The van der Waals surface area contributed by atoms with Crippen LogP contribution in [0.25, 0.3) is 0 Å². The molecule has 0 aromatic carbocycles. The lowest BCUT2D eigenvalue weighted by Gasteiger charge is -2.24. The Bertz CT molecular complexity index is 470. The van der Waals surface area contributed by atoms with Gasteiger partial charge in [-0.1, -0.05) is 0 Å². The summed E-state index contributed by atoms with van der Waals surface area (Å²) in [6, 6.07) is 0. The highest BCUT2D eigenvalue weighted by atomic mass is 16.5. The molecular weight excluding hydrogens is 234 g/mol. The summed E-state index contributed by atoms with van der Waals surface area (Å²) in [7, 11) is 1.46. The van der Waals surface area contributed by atoms with Crippen LogP contribution in [0.2, 0.25) is 0 Å². The fraction of sp³-hybridized carbons (Fsp3) is 0.667. The number of ether oxygens (including phenoxy) is 1. The van der Waals surface area contributed by atoms with Crippen molar-refractivity contribution in [3.8, 4) is 5.75 Å². The third kappa shape index (κ3) is 2.64. The van der Waals surface area contributed by atoms with Crippen LogP contribution in [0.15, 0.2) is 11.1 Å². The van der Waals surface area contributed by atoms with E-state index in [1.807, 2.05) is 11.8 Å². The van der Waals surface area contributed by atoms with E-state index in [-0.39, 0.29) is 11.3 Å². The molecule has 100 valence electrons. The zero-order valence-corrected chi connectivity index (χ0v) is 10.8. The number of nitrogens with zero attached hydrogens (tertiary/aromatic N) is 2. The predicted octanol–water partition coefficient (Wildman–Crippen LogP) is 0.520. The minimum absolute atomic E-state index is 0.235. The van der Waals surface area contributed by atoms with Crippen LogP contribution in [0.1, 0.15) is 26.2 Å². The minimum atomic E-state index is -0.636. The van der Waals surface area contributed by atoms with Crippen LogP contribution in [-0.4, -0.2) is 40.9 Å². The lowest BCUT2D eigenvalue weighted by Crippen LogP contribution is -2.30. The molecule has 0 aliphatic carbocycles. The molecular formula is C12H19N3O3. The van der Waals surface area contributed by atoms with E-state index in [0.29, 0.717) is 18.8 Å². The van der Waals surface area contributed by atoms with Gasteiger partial charge in [0.25, 0.3) is 5.56 Å². The van der Waals surface area contributed by atoms with Crippen LogP contribution in [0.3, 0.4) is 0 Å². The summed E-state index contributed by atoms with van der Waals surface area (Å²) in [5.74, 6) is 0.790. The van der Waals surface area contributed by atoms with Crippen LogP contribution in [0, 0.1) is 0 Å². The molecule has 1 aliphatic rings. The number of aromatic amines is 1. The molecule has 0 radical (unpaired) electrons. The summed E-state index contributed by atoms with van der Waals surface area (Å²) < 4.78 is 5.11. The first kappa shape index (κ1) is 12.9. The van der Waals surface area contributed by atoms with Crippen LogP contribution < -0.4 is 15.2 Å². The smallest absolute Gasteiger partial charge is 0.295 e. The molecule has 6 heteroatoms. The van der Waals surface area contributed by atoms with Crippen molar-refractivity contribution in [2.75, 3.05) is 25.1 Å². The van der Waals surface area contributed by atoms with Gasteiger partial charge in [0.05, 0.1) is 19.0 Å². The SMILES string of the molecule is COc1c(N2CCCC(C)(O)CC2)nc[nH]c1=O. The second-order valence-electron chi connectivity index (χ2n) is 4.93. The monoisotopic (exact) mass is 253 g/mol. The van der Waals surface area contributed by atoms with Gasteiger partial charge in [0.2, 0.25) is 5.75 Å². The van der Waals surface area contributed by atoms with Crippen molar-refractivity contribution in [2.45, 2.75) is 31.8 Å². The molecule has 1 aromatic heterocycles. The van der Waals surface area contributed by atoms with Crippen LogP contribution in [0.4, 0.5) is 5.82 Å². The van der Waals surface area contributed by atoms with Crippen LogP contribution >= 0.6 is 0 Å². The molecule has 1 saturated heterocycles. The number of hydrogen-bond acceptors (Lipinski definition) is 5. The van der Waals surface area contributed by atoms with Gasteiger partial charge < -0.3 is 19.7 Å². The molecule has 0 saturated carbocycles. The van der Waals surface area contributed by atoms with Gasteiger partial charge in [-0.15, -0.1) is 0 Å². The molecule has 1 atom stereocenters.